The summed E-state index contributed by atoms with van der Waals surface area (Å²) in [5.74, 6) is 1.56. The average Bonchev–Trinajstić information content (AvgIpc) is 2.88. The highest BCUT2D eigenvalue weighted by atomic mass is 35.5. The lowest BCUT2D eigenvalue weighted by Gasteiger charge is -2.32. The van der Waals surface area contributed by atoms with Crippen molar-refractivity contribution in [2.75, 3.05) is 26.2 Å². The van der Waals surface area contributed by atoms with Gasteiger partial charge in [0.15, 0.2) is 0 Å². The summed E-state index contributed by atoms with van der Waals surface area (Å²) in [6.07, 6.45) is 1.12. The molecule has 0 aromatic heterocycles. The first-order valence-corrected chi connectivity index (χ1v) is 12.6. The molecule has 0 fully saturated rings. The number of aliphatic hydroxyl groups excluding tert-OH is 1. The van der Waals surface area contributed by atoms with E-state index in [1.807, 2.05) is 60.7 Å². The third kappa shape index (κ3) is 9.90. The maximum absolute atomic E-state index is 10.4. The Morgan fingerprint density at radius 2 is 1.54 bits per heavy atom. The largest absolute Gasteiger partial charge is 0.491 e. The van der Waals surface area contributed by atoms with E-state index in [9.17, 15) is 5.11 Å². The van der Waals surface area contributed by atoms with Crippen molar-refractivity contribution in [3.8, 4) is 11.5 Å². The number of benzene rings is 3. The van der Waals surface area contributed by atoms with E-state index in [0.717, 1.165) is 24.3 Å². The van der Waals surface area contributed by atoms with E-state index in [1.54, 1.807) is 0 Å². The summed E-state index contributed by atoms with van der Waals surface area (Å²) in [7, 11) is 0. The van der Waals surface area contributed by atoms with E-state index in [4.69, 9.17) is 21.1 Å². The minimum absolute atomic E-state index is 0.166. The molecule has 3 aromatic rings. The molecule has 0 heterocycles. The van der Waals surface area contributed by atoms with Gasteiger partial charge >= 0.3 is 0 Å². The Balaban J connectivity index is 1.52. The predicted molar refractivity (Wildman–Crippen MR) is 144 cm³/mol. The van der Waals surface area contributed by atoms with Crippen LogP contribution in [0.5, 0.6) is 11.5 Å². The third-order valence-electron chi connectivity index (χ3n) is 5.97. The second-order valence-electron chi connectivity index (χ2n) is 9.06. The molecule has 5 nitrogen and oxygen atoms in total. The zero-order valence-corrected chi connectivity index (χ0v) is 21.4. The number of aliphatic hydroxyl groups is 1. The molecule has 0 saturated heterocycles. The van der Waals surface area contributed by atoms with Crippen molar-refractivity contribution in [1.29, 1.82) is 0 Å². The van der Waals surface area contributed by atoms with Crippen LogP contribution in [0.3, 0.4) is 0 Å². The van der Waals surface area contributed by atoms with E-state index in [-0.39, 0.29) is 18.2 Å². The normalized spacial score (nSPS) is 14.6. The van der Waals surface area contributed by atoms with Crippen LogP contribution < -0.4 is 20.1 Å². The van der Waals surface area contributed by atoms with Gasteiger partial charge in [-0.05, 0) is 61.7 Å². The lowest BCUT2D eigenvalue weighted by atomic mass is 10.0. The van der Waals surface area contributed by atoms with Gasteiger partial charge in [-0.2, -0.15) is 0 Å². The Morgan fingerprint density at radius 1 is 0.886 bits per heavy atom. The summed E-state index contributed by atoms with van der Waals surface area (Å²) in [5, 5.41) is 18.2. The molecule has 0 aliphatic heterocycles. The fourth-order valence-corrected chi connectivity index (χ4v) is 3.81. The van der Waals surface area contributed by atoms with Crippen LogP contribution in [0.15, 0.2) is 84.9 Å². The Kier molecular flexibility index (Phi) is 10.9. The molecule has 3 N–H and O–H groups in total. The second-order valence-corrected chi connectivity index (χ2v) is 9.50. The van der Waals surface area contributed by atoms with Crippen LogP contribution in [0.1, 0.15) is 25.8 Å². The summed E-state index contributed by atoms with van der Waals surface area (Å²) in [5.41, 5.74) is 0.891. The number of nitrogens with one attached hydrogen (secondary N) is 2. The molecule has 0 aliphatic carbocycles. The predicted octanol–water partition coefficient (Wildman–Crippen LogP) is 5.12. The maximum Gasteiger partial charge on any atom is 0.120 e. The van der Waals surface area contributed by atoms with E-state index < -0.39 is 6.10 Å². The van der Waals surface area contributed by atoms with E-state index >= 15 is 0 Å². The first-order valence-electron chi connectivity index (χ1n) is 12.2. The van der Waals surface area contributed by atoms with Crippen LogP contribution in [-0.4, -0.2) is 49.1 Å². The van der Waals surface area contributed by atoms with Crippen LogP contribution >= 0.6 is 11.6 Å². The zero-order chi connectivity index (χ0) is 24.9. The molecule has 0 bridgehead atoms. The molecule has 0 radical (unpaired) electrons. The molecular formula is C29H37ClN2O3. The van der Waals surface area contributed by atoms with Gasteiger partial charge in [-0.25, -0.2) is 0 Å². The van der Waals surface area contributed by atoms with Gasteiger partial charge in [0.25, 0.3) is 0 Å². The topological polar surface area (TPSA) is 62.8 Å². The molecule has 3 unspecified atom stereocenters. The van der Waals surface area contributed by atoms with Crippen molar-refractivity contribution in [3.63, 3.8) is 0 Å². The molecule has 0 aliphatic rings. The van der Waals surface area contributed by atoms with E-state index in [2.05, 4.69) is 48.7 Å². The molecule has 35 heavy (non-hydrogen) atoms. The molecule has 6 heteroatoms. The quantitative estimate of drug-likeness (QED) is 0.272. The molecular weight excluding hydrogens is 460 g/mol. The highest BCUT2D eigenvalue weighted by molar-refractivity contribution is 6.30. The standard InChI is InChI=1S/C29H37ClN2O3/c1-3-29(2,35-28-16-14-24(30)15-17-28)22-32-25(18-23-10-6-4-7-11-23)19-31-20-26(33)21-34-27-12-8-5-9-13-27/h4-17,25-26,31-33H,3,18-22H2,1-2H3. The molecule has 0 spiro atoms. The van der Waals surface area contributed by atoms with Crippen LogP contribution in [0.2, 0.25) is 5.02 Å². The minimum Gasteiger partial charge on any atom is -0.491 e. The fraction of sp³-hybridized carbons (Fsp3) is 0.379. The van der Waals surface area contributed by atoms with Gasteiger partial charge in [0.05, 0.1) is 0 Å². The monoisotopic (exact) mass is 496 g/mol. The number of para-hydroxylation sites is 1. The van der Waals surface area contributed by atoms with Gasteiger partial charge in [-0.1, -0.05) is 67.1 Å². The van der Waals surface area contributed by atoms with Gasteiger partial charge < -0.3 is 25.2 Å². The molecule has 3 rings (SSSR count). The fourth-order valence-electron chi connectivity index (χ4n) is 3.69. The Bertz CT molecular complexity index is 972. The number of hydrogen-bond donors (Lipinski definition) is 3. The molecule has 188 valence electrons. The van der Waals surface area contributed by atoms with Crippen molar-refractivity contribution >= 4 is 11.6 Å². The number of ether oxygens (including phenoxy) is 2. The van der Waals surface area contributed by atoms with Crippen molar-refractivity contribution < 1.29 is 14.6 Å². The number of hydrogen-bond acceptors (Lipinski definition) is 5. The second kappa shape index (κ2) is 14.1. The SMILES string of the molecule is CCC(C)(CNC(CNCC(O)COc1ccccc1)Cc1ccccc1)Oc1ccc(Cl)cc1. The first-order chi connectivity index (χ1) is 17.0. The van der Waals surface area contributed by atoms with Crippen LogP contribution in [-0.2, 0) is 6.42 Å². The third-order valence-corrected chi connectivity index (χ3v) is 6.22. The summed E-state index contributed by atoms with van der Waals surface area (Å²) < 4.78 is 12.0. The van der Waals surface area contributed by atoms with E-state index in [1.165, 1.54) is 5.56 Å². The van der Waals surface area contributed by atoms with Gasteiger partial charge in [0.1, 0.15) is 29.8 Å². The number of rotatable bonds is 15. The average molecular weight is 497 g/mol. The summed E-state index contributed by atoms with van der Waals surface area (Å²) in [4.78, 5) is 0. The summed E-state index contributed by atoms with van der Waals surface area (Å²) >= 11 is 6.02. The Morgan fingerprint density at radius 3 is 2.20 bits per heavy atom. The van der Waals surface area contributed by atoms with Crippen molar-refractivity contribution in [2.45, 2.75) is 44.4 Å². The molecule has 0 saturated carbocycles. The number of halogens is 1. The maximum atomic E-state index is 10.4. The van der Waals surface area contributed by atoms with Crippen LogP contribution in [0.4, 0.5) is 0 Å². The van der Waals surface area contributed by atoms with Crippen LogP contribution in [0.25, 0.3) is 0 Å². The molecule has 0 amide bonds. The van der Waals surface area contributed by atoms with Gasteiger partial charge in [-0.3, -0.25) is 0 Å². The Hall–Kier alpha value is -2.57. The lowest BCUT2D eigenvalue weighted by Crippen LogP contribution is -2.50. The van der Waals surface area contributed by atoms with Crippen molar-refractivity contribution in [1.82, 2.24) is 10.6 Å². The van der Waals surface area contributed by atoms with Crippen LogP contribution in [0, 0.1) is 0 Å². The lowest BCUT2D eigenvalue weighted by molar-refractivity contribution is 0.0791. The highest BCUT2D eigenvalue weighted by Gasteiger charge is 2.25. The van der Waals surface area contributed by atoms with Crippen molar-refractivity contribution in [2.24, 2.45) is 0 Å². The Labute approximate surface area is 214 Å². The summed E-state index contributed by atoms with van der Waals surface area (Å²) in [6, 6.07) is 27.6. The van der Waals surface area contributed by atoms with Crippen molar-refractivity contribution in [3.05, 3.63) is 95.5 Å². The molecule has 3 atom stereocenters. The first kappa shape index (κ1) is 27.0. The molecule has 3 aromatic carbocycles. The van der Waals surface area contributed by atoms with Gasteiger partial charge in [0, 0.05) is 30.7 Å². The summed E-state index contributed by atoms with van der Waals surface area (Å²) in [6.45, 7) is 6.34. The van der Waals surface area contributed by atoms with Gasteiger partial charge in [-0.15, -0.1) is 0 Å². The highest BCUT2D eigenvalue weighted by Crippen LogP contribution is 2.23. The van der Waals surface area contributed by atoms with E-state index in [0.29, 0.717) is 24.7 Å². The minimum atomic E-state index is -0.596. The zero-order valence-electron chi connectivity index (χ0n) is 20.6. The van der Waals surface area contributed by atoms with Gasteiger partial charge in [0.2, 0.25) is 0 Å². The smallest absolute Gasteiger partial charge is 0.120 e.